The number of alkyl halides is 2. The van der Waals surface area contributed by atoms with Gasteiger partial charge >= 0.3 is 0 Å². The molecule has 0 N–H and O–H groups in total. The van der Waals surface area contributed by atoms with E-state index in [1.54, 1.807) is 0 Å². The standard InChI is InChI=1S/C7H6Cl2.C7H8/c8-7(9)6-4-2-1-3-5-6;1-7-5-3-2-4-6-7/h1-5,7H;2-6H,1H3. The van der Waals surface area contributed by atoms with Crippen molar-refractivity contribution in [3.8, 4) is 0 Å². The van der Waals surface area contributed by atoms with Crippen LogP contribution in [-0.2, 0) is 0 Å². The van der Waals surface area contributed by atoms with Crippen molar-refractivity contribution in [2.75, 3.05) is 0 Å². The lowest BCUT2D eigenvalue weighted by Crippen LogP contribution is -1.76. The predicted molar refractivity (Wildman–Crippen MR) is 72.1 cm³/mol. The van der Waals surface area contributed by atoms with Gasteiger partial charge in [-0.05, 0) is 12.5 Å². The van der Waals surface area contributed by atoms with Gasteiger partial charge in [-0.25, -0.2) is 0 Å². The van der Waals surface area contributed by atoms with E-state index in [9.17, 15) is 0 Å². The fraction of sp³-hybridized carbons (Fsp3) is 0.143. The van der Waals surface area contributed by atoms with E-state index in [0.717, 1.165) is 5.56 Å². The minimum Gasteiger partial charge on any atom is -0.100 e. The Bertz CT molecular complexity index is 382. The number of rotatable bonds is 1. The van der Waals surface area contributed by atoms with Crippen LogP contribution in [0.2, 0.25) is 0 Å². The summed E-state index contributed by atoms with van der Waals surface area (Å²) in [5.74, 6) is 0. The molecule has 0 heterocycles. The monoisotopic (exact) mass is 252 g/mol. The molecule has 0 saturated heterocycles. The molecule has 0 amide bonds. The zero-order valence-corrected chi connectivity index (χ0v) is 10.6. The van der Waals surface area contributed by atoms with Gasteiger partial charge in [0, 0.05) is 0 Å². The molecule has 0 aliphatic rings. The van der Waals surface area contributed by atoms with Gasteiger partial charge in [-0.2, -0.15) is 0 Å². The second kappa shape index (κ2) is 7.32. The van der Waals surface area contributed by atoms with Gasteiger partial charge in [0.1, 0.15) is 4.84 Å². The van der Waals surface area contributed by atoms with E-state index >= 15 is 0 Å². The van der Waals surface area contributed by atoms with Crippen LogP contribution >= 0.6 is 23.2 Å². The molecule has 0 saturated carbocycles. The molecule has 0 unspecified atom stereocenters. The van der Waals surface area contributed by atoms with Gasteiger partial charge < -0.3 is 0 Å². The van der Waals surface area contributed by atoms with Gasteiger partial charge in [-0.3, -0.25) is 0 Å². The third-order valence-corrected chi connectivity index (χ3v) is 2.50. The highest BCUT2D eigenvalue weighted by molar-refractivity contribution is 6.44. The number of halogens is 2. The van der Waals surface area contributed by atoms with E-state index in [-0.39, 0.29) is 0 Å². The van der Waals surface area contributed by atoms with Crippen LogP contribution in [0.25, 0.3) is 0 Å². The minimum atomic E-state index is -0.397. The summed E-state index contributed by atoms with van der Waals surface area (Å²) in [7, 11) is 0. The van der Waals surface area contributed by atoms with Crippen molar-refractivity contribution in [1.82, 2.24) is 0 Å². The van der Waals surface area contributed by atoms with Crippen molar-refractivity contribution < 1.29 is 0 Å². The quantitative estimate of drug-likeness (QED) is 0.616. The van der Waals surface area contributed by atoms with Crippen LogP contribution in [0.5, 0.6) is 0 Å². The highest BCUT2D eigenvalue weighted by Gasteiger charge is 1.98. The molecule has 2 aromatic carbocycles. The average molecular weight is 253 g/mol. The fourth-order valence-corrected chi connectivity index (χ4v) is 1.42. The molecule has 0 aliphatic heterocycles. The first-order valence-corrected chi connectivity index (χ1v) is 5.92. The first-order valence-electron chi connectivity index (χ1n) is 5.05. The van der Waals surface area contributed by atoms with Crippen molar-refractivity contribution in [2.24, 2.45) is 0 Å². The minimum absolute atomic E-state index is 0.397. The van der Waals surface area contributed by atoms with E-state index in [0.29, 0.717) is 0 Å². The molecule has 84 valence electrons. The molecule has 0 bridgehead atoms. The highest BCUT2D eigenvalue weighted by Crippen LogP contribution is 2.23. The fourth-order valence-electron chi connectivity index (χ4n) is 1.13. The Morgan fingerprint density at radius 3 is 1.44 bits per heavy atom. The van der Waals surface area contributed by atoms with E-state index in [4.69, 9.17) is 23.2 Å². The zero-order chi connectivity index (χ0) is 11.8. The van der Waals surface area contributed by atoms with Crippen molar-refractivity contribution in [1.29, 1.82) is 0 Å². The van der Waals surface area contributed by atoms with E-state index in [1.165, 1.54) is 5.56 Å². The van der Waals surface area contributed by atoms with Gasteiger partial charge in [0.2, 0.25) is 0 Å². The van der Waals surface area contributed by atoms with Crippen molar-refractivity contribution in [3.05, 3.63) is 71.8 Å². The van der Waals surface area contributed by atoms with Gasteiger partial charge in [0.15, 0.2) is 0 Å². The molecule has 2 aromatic rings. The van der Waals surface area contributed by atoms with Crippen LogP contribution in [0.15, 0.2) is 60.7 Å². The second-order valence-electron chi connectivity index (χ2n) is 3.37. The summed E-state index contributed by atoms with van der Waals surface area (Å²) in [5, 5.41) is 0. The summed E-state index contributed by atoms with van der Waals surface area (Å²) < 4.78 is 0. The normalized spacial score (nSPS) is 9.50. The van der Waals surface area contributed by atoms with Gasteiger partial charge in [-0.15, -0.1) is 23.2 Å². The van der Waals surface area contributed by atoms with Crippen LogP contribution in [-0.4, -0.2) is 0 Å². The lowest BCUT2D eigenvalue weighted by molar-refractivity contribution is 1.35. The molecule has 2 rings (SSSR count). The molecule has 16 heavy (non-hydrogen) atoms. The molecular formula is C14H14Cl2. The Balaban J connectivity index is 0.000000165. The van der Waals surface area contributed by atoms with E-state index < -0.39 is 4.84 Å². The molecule has 0 radical (unpaired) electrons. The molecular weight excluding hydrogens is 239 g/mol. The maximum atomic E-state index is 5.57. The maximum absolute atomic E-state index is 5.57. The van der Waals surface area contributed by atoms with E-state index in [2.05, 4.69) is 19.1 Å². The number of hydrogen-bond donors (Lipinski definition) is 0. The smallest absolute Gasteiger partial charge is 0.100 e. The molecule has 2 heteroatoms. The zero-order valence-electron chi connectivity index (χ0n) is 9.11. The lowest BCUT2D eigenvalue weighted by Gasteiger charge is -1.97. The summed E-state index contributed by atoms with van der Waals surface area (Å²) in [6, 6.07) is 19.8. The lowest BCUT2D eigenvalue weighted by atomic mass is 10.2. The van der Waals surface area contributed by atoms with Gasteiger partial charge in [0.05, 0.1) is 0 Å². The summed E-state index contributed by atoms with van der Waals surface area (Å²) >= 11 is 11.1. The molecule has 0 spiro atoms. The van der Waals surface area contributed by atoms with E-state index in [1.807, 2.05) is 48.5 Å². The van der Waals surface area contributed by atoms with Crippen LogP contribution in [0, 0.1) is 6.92 Å². The topological polar surface area (TPSA) is 0 Å². The predicted octanol–water partition coefficient (Wildman–Crippen LogP) is 5.16. The van der Waals surface area contributed by atoms with Crippen LogP contribution in [0.4, 0.5) is 0 Å². The van der Waals surface area contributed by atoms with Crippen LogP contribution in [0.1, 0.15) is 16.0 Å². The van der Waals surface area contributed by atoms with Gasteiger partial charge in [0.25, 0.3) is 0 Å². The molecule has 0 fully saturated rings. The molecule has 0 aliphatic carbocycles. The summed E-state index contributed by atoms with van der Waals surface area (Å²) in [4.78, 5) is -0.397. The summed E-state index contributed by atoms with van der Waals surface area (Å²) in [6.07, 6.45) is 0. The Labute approximate surface area is 107 Å². The Kier molecular flexibility index (Phi) is 5.99. The average Bonchev–Trinajstić information content (AvgIpc) is 2.32. The molecule has 0 atom stereocenters. The van der Waals surface area contributed by atoms with Crippen LogP contribution in [0.3, 0.4) is 0 Å². The van der Waals surface area contributed by atoms with Gasteiger partial charge in [-0.1, -0.05) is 66.2 Å². The maximum Gasteiger partial charge on any atom is 0.132 e. The first-order chi connectivity index (χ1) is 7.70. The molecule has 0 aromatic heterocycles. The third-order valence-electron chi connectivity index (χ3n) is 1.99. The summed E-state index contributed by atoms with van der Waals surface area (Å²) in [6.45, 7) is 2.08. The SMILES string of the molecule is Cc1ccccc1.ClC(Cl)c1ccccc1. The van der Waals surface area contributed by atoms with Crippen LogP contribution < -0.4 is 0 Å². The first kappa shape index (κ1) is 13.1. The Morgan fingerprint density at radius 2 is 1.19 bits per heavy atom. The third kappa shape index (κ3) is 5.20. The van der Waals surface area contributed by atoms with Crippen molar-refractivity contribution >= 4 is 23.2 Å². The highest BCUT2D eigenvalue weighted by atomic mass is 35.5. The second-order valence-corrected chi connectivity index (χ2v) is 4.46. The summed E-state index contributed by atoms with van der Waals surface area (Å²) in [5.41, 5.74) is 2.27. The number of hydrogen-bond acceptors (Lipinski definition) is 0. The number of benzene rings is 2. The number of aryl methyl sites for hydroxylation is 1. The Morgan fingerprint density at radius 1 is 0.750 bits per heavy atom. The Hall–Kier alpha value is -0.980. The van der Waals surface area contributed by atoms with Crippen molar-refractivity contribution in [2.45, 2.75) is 11.8 Å². The van der Waals surface area contributed by atoms with Crippen molar-refractivity contribution in [3.63, 3.8) is 0 Å². The largest absolute Gasteiger partial charge is 0.132 e. The molecule has 0 nitrogen and oxygen atoms in total.